The van der Waals surface area contributed by atoms with E-state index >= 15 is 0 Å². The molecule has 0 spiro atoms. The molecule has 1 unspecified atom stereocenters. The fourth-order valence-electron chi connectivity index (χ4n) is 8.73. The summed E-state index contributed by atoms with van der Waals surface area (Å²) in [7, 11) is 0. The Morgan fingerprint density at radius 1 is 0.259 bits per heavy atom. The molecule has 0 amide bonds. The van der Waals surface area contributed by atoms with E-state index in [9.17, 15) is 14.4 Å². The van der Waals surface area contributed by atoms with Gasteiger partial charge in [0.2, 0.25) is 0 Å². The quantitative estimate of drug-likeness (QED) is 0.0261. The molecule has 1 atom stereocenters. The highest BCUT2D eigenvalue weighted by atomic mass is 16.6. The van der Waals surface area contributed by atoms with Crippen molar-refractivity contribution in [1.82, 2.24) is 0 Å². The highest BCUT2D eigenvalue weighted by Gasteiger charge is 2.19. The largest absolute Gasteiger partial charge is 0.462 e. The first-order valence-corrected chi connectivity index (χ1v) is 33.0. The average molecular weight is 1120 g/mol. The van der Waals surface area contributed by atoms with Gasteiger partial charge in [-0.3, -0.25) is 14.4 Å². The summed E-state index contributed by atoms with van der Waals surface area (Å²) in [5.74, 6) is -1.06. The molecule has 6 heteroatoms. The first-order valence-electron chi connectivity index (χ1n) is 33.0. The third kappa shape index (κ3) is 65.7. The van der Waals surface area contributed by atoms with Gasteiger partial charge in [0.05, 0.1) is 6.42 Å². The van der Waals surface area contributed by atoms with Crippen molar-refractivity contribution in [3.05, 3.63) is 158 Å². The summed E-state index contributed by atoms with van der Waals surface area (Å²) in [6.45, 7) is 6.21. The molecule has 0 aromatic rings. The molecule has 0 saturated heterocycles. The van der Waals surface area contributed by atoms with Gasteiger partial charge in [-0.25, -0.2) is 0 Å². The van der Waals surface area contributed by atoms with Crippen LogP contribution in [0.2, 0.25) is 0 Å². The van der Waals surface area contributed by atoms with Gasteiger partial charge in [-0.05, 0) is 122 Å². The maximum atomic E-state index is 12.9. The molecule has 0 aromatic heterocycles. The summed E-state index contributed by atoms with van der Waals surface area (Å²) < 4.78 is 16.8. The van der Waals surface area contributed by atoms with E-state index in [2.05, 4.69) is 167 Å². The van der Waals surface area contributed by atoms with E-state index in [1.807, 2.05) is 6.08 Å². The molecule has 81 heavy (non-hydrogen) atoms. The topological polar surface area (TPSA) is 78.9 Å². The Morgan fingerprint density at radius 2 is 0.494 bits per heavy atom. The van der Waals surface area contributed by atoms with Gasteiger partial charge in [0.15, 0.2) is 6.10 Å². The van der Waals surface area contributed by atoms with E-state index in [0.717, 1.165) is 128 Å². The number of allylic oxidation sites excluding steroid dienone is 25. The molecule has 0 heterocycles. The van der Waals surface area contributed by atoms with Crippen molar-refractivity contribution in [3.63, 3.8) is 0 Å². The second-order valence-corrected chi connectivity index (χ2v) is 21.2. The Hall–Kier alpha value is -4.97. The van der Waals surface area contributed by atoms with Crippen LogP contribution in [0.1, 0.15) is 278 Å². The first-order chi connectivity index (χ1) is 40.0. The van der Waals surface area contributed by atoms with Crippen LogP contribution in [0, 0.1) is 0 Å². The van der Waals surface area contributed by atoms with Crippen molar-refractivity contribution in [1.29, 1.82) is 0 Å². The summed E-state index contributed by atoms with van der Waals surface area (Å²) in [6.07, 6.45) is 98.5. The highest BCUT2D eigenvalue weighted by Crippen LogP contribution is 2.16. The van der Waals surface area contributed by atoms with Crippen LogP contribution >= 0.6 is 0 Å². The fraction of sp³-hybridized carbons (Fsp3) is 0.613. The van der Waals surface area contributed by atoms with E-state index in [4.69, 9.17) is 14.2 Å². The van der Waals surface area contributed by atoms with Crippen LogP contribution in [0.15, 0.2) is 158 Å². The lowest BCUT2D eigenvalue weighted by molar-refractivity contribution is -0.166. The fourth-order valence-corrected chi connectivity index (χ4v) is 8.73. The van der Waals surface area contributed by atoms with E-state index in [-0.39, 0.29) is 31.6 Å². The zero-order valence-electron chi connectivity index (χ0n) is 52.2. The van der Waals surface area contributed by atoms with Crippen LogP contribution in [-0.2, 0) is 28.6 Å². The number of carbonyl (C=O) groups excluding carboxylic acids is 3. The van der Waals surface area contributed by atoms with E-state index in [1.54, 1.807) is 6.08 Å². The van der Waals surface area contributed by atoms with E-state index in [1.165, 1.54) is 109 Å². The number of ether oxygens (including phenoxy) is 3. The molecule has 0 aliphatic rings. The Balaban J connectivity index is 4.41. The zero-order chi connectivity index (χ0) is 58.5. The second-order valence-electron chi connectivity index (χ2n) is 21.2. The predicted molar refractivity (Wildman–Crippen MR) is 352 cm³/mol. The molecule has 0 N–H and O–H groups in total. The predicted octanol–water partition coefficient (Wildman–Crippen LogP) is 22.9. The minimum absolute atomic E-state index is 0.117. The third-order valence-corrected chi connectivity index (χ3v) is 13.5. The lowest BCUT2D eigenvalue weighted by Gasteiger charge is -2.18. The van der Waals surface area contributed by atoms with Gasteiger partial charge < -0.3 is 14.2 Å². The maximum absolute atomic E-state index is 12.9. The van der Waals surface area contributed by atoms with Crippen molar-refractivity contribution in [2.24, 2.45) is 0 Å². The molecule has 0 aliphatic carbocycles. The van der Waals surface area contributed by atoms with E-state index < -0.39 is 12.1 Å². The Morgan fingerprint density at radius 3 is 0.802 bits per heavy atom. The standard InChI is InChI=1S/C75H120O6/c1-4-7-10-13-16-19-22-25-28-30-32-34-35-36-37-38-39-41-42-44-47-50-53-56-59-62-65-68-74(77)80-71-72(70-79-73(76)67-64-61-58-55-52-49-46-27-24-21-18-15-12-9-6-3)81-75(78)69-66-63-60-57-54-51-48-45-43-40-33-31-29-26-23-20-17-14-11-8-5-2/h7-12,16-21,25-29,32-34,40,46,52,55,61,64,72H,4-6,13-15,22-24,30-31,35-39,41-45,47-51,53-54,56-60,62-63,65-71H2,1-3H3/b10-7-,11-8-,12-9-,19-16-,20-17-,21-18-,28-25-,29-26-,34-32-,40-33-,46-27-,55-52-,64-61-. The summed E-state index contributed by atoms with van der Waals surface area (Å²) in [5, 5.41) is 0. The minimum atomic E-state index is -0.831. The van der Waals surface area contributed by atoms with Gasteiger partial charge in [0, 0.05) is 12.8 Å². The van der Waals surface area contributed by atoms with Crippen molar-refractivity contribution in [3.8, 4) is 0 Å². The zero-order valence-corrected chi connectivity index (χ0v) is 52.2. The number of unbranched alkanes of at least 4 members (excludes halogenated alkanes) is 22. The average Bonchev–Trinajstić information content (AvgIpc) is 3.47. The molecular weight excluding hydrogens is 997 g/mol. The van der Waals surface area contributed by atoms with Gasteiger partial charge >= 0.3 is 17.9 Å². The van der Waals surface area contributed by atoms with Gasteiger partial charge in [-0.1, -0.05) is 294 Å². The van der Waals surface area contributed by atoms with Crippen LogP contribution in [-0.4, -0.2) is 37.2 Å². The van der Waals surface area contributed by atoms with Crippen molar-refractivity contribution in [2.45, 2.75) is 284 Å². The van der Waals surface area contributed by atoms with E-state index in [0.29, 0.717) is 12.8 Å². The van der Waals surface area contributed by atoms with Gasteiger partial charge in [-0.15, -0.1) is 0 Å². The maximum Gasteiger partial charge on any atom is 0.309 e. The smallest absolute Gasteiger partial charge is 0.309 e. The first kappa shape index (κ1) is 76.0. The number of hydrogen-bond donors (Lipinski definition) is 0. The van der Waals surface area contributed by atoms with Crippen LogP contribution < -0.4 is 0 Å². The molecule has 0 bridgehead atoms. The lowest BCUT2D eigenvalue weighted by Crippen LogP contribution is -2.30. The summed E-state index contributed by atoms with van der Waals surface area (Å²) in [4.78, 5) is 38.3. The van der Waals surface area contributed by atoms with Crippen LogP contribution in [0.25, 0.3) is 0 Å². The molecule has 0 fully saturated rings. The molecule has 0 aromatic carbocycles. The highest BCUT2D eigenvalue weighted by molar-refractivity contribution is 5.72. The Bertz CT molecular complexity index is 1810. The van der Waals surface area contributed by atoms with Crippen LogP contribution in [0.4, 0.5) is 0 Å². The van der Waals surface area contributed by atoms with Crippen LogP contribution in [0.3, 0.4) is 0 Å². The summed E-state index contributed by atoms with van der Waals surface area (Å²) >= 11 is 0. The van der Waals surface area contributed by atoms with Crippen molar-refractivity contribution < 1.29 is 28.6 Å². The monoisotopic (exact) mass is 1120 g/mol. The molecule has 0 rings (SSSR count). The minimum Gasteiger partial charge on any atom is -0.462 e. The Kier molecular flexibility index (Phi) is 63.4. The second kappa shape index (κ2) is 67.5. The summed E-state index contributed by atoms with van der Waals surface area (Å²) in [6, 6.07) is 0. The third-order valence-electron chi connectivity index (χ3n) is 13.5. The number of carbonyl (C=O) groups is 3. The summed E-state index contributed by atoms with van der Waals surface area (Å²) in [5.41, 5.74) is 0. The van der Waals surface area contributed by atoms with Gasteiger partial charge in [-0.2, -0.15) is 0 Å². The number of hydrogen-bond acceptors (Lipinski definition) is 6. The molecule has 456 valence electrons. The van der Waals surface area contributed by atoms with Crippen molar-refractivity contribution in [2.75, 3.05) is 13.2 Å². The van der Waals surface area contributed by atoms with Gasteiger partial charge in [0.25, 0.3) is 0 Å². The molecule has 0 aliphatic heterocycles. The van der Waals surface area contributed by atoms with Crippen LogP contribution in [0.5, 0.6) is 0 Å². The number of esters is 3. The van der Waals surface area contributed by atoms with Gasteiger partial charge in [0.1, 0.15) is 13.2 Å². The Labute approximate surface area is 499 Å². The molecule has 0 radical (unpaired) electrons. The number of rotatable bonds is 58. The SMILES string of the molecule is CC/C=C\C/C=C\C/C=C\C/C=C\C/C=C\CC(=O)OCC(COC(=O)CCCCCCCCCCCCCCCC/C=C\C/C=C\C/C=C\C/C=C\CC)OC(=O)CCCCCCCCCC/C=C\C/C=C\C/C=C\C/C=C\CC. The van der Waals surface area contributed by atoms with Crippen molar-refractivity contribution >= 4 is 17.9 Å². The molecule has 6 nitrogen and oxygen atoms in total. The molecular formula is C75H120O6. The normalized spacial score (nSPS) is 13.2. The molecule has 0 saturated carbocycles. The lowest BCUT2D eigenvalue weighted by atomic mass is 10.0.